The van der Waals surface area contributed by atoms with Gasteiger partial charge in [0.2, 0.25) is 0 Å². The van der Waals surface area contributed by atoms with Crippen molar-refractivity contribution in [2.45, 2.75) is 18.9 Å². The summed E-state index contributed by atoms with van der Waals surface area (Å²) in [7, 11) is 1.58. The molecule has 1 fully saturated rings. The average Bonchev–Trinajstić information content (AvgIpc) is 2.72. The zero-order valence-electron chi connectivity index (χ0n) is 9.40. The Bertz CT molecular complexity index is 396. The van der Waals surface area contributed by atoms with Crippen molar-refractivity contribution in [3.05, 3.63) is 16.3 Å². The van der Waals surface area contributed by atoms with E-state index in [4.69, 9.17) is 4.74 Å². The van der Waals surface area contributed by atoms with E-state index < -0.39 is 5.60 Å². The summed E-state index contributed by atoms with van der Waals surface area (Å²) in [5.41, 5.74) is -0.670. The van der Waals surface area contributed by atoms with Crippen LogP contribution in [0.15, 0.2) is 11.4 Å². The van der Waals surface area contributed by atoms with Crippen LogP contribution in [-0.4, -0.2) is 41.7 Å². The van der Waals surface area contributed by atoms with Gasteiger partial charge in [-0.3, -0.25) is 4.79 Å². The molecule has 88 valence electrons. The first-order chi connectivity index (χ1) is 7.58. The number of carbonyl (C=O) groups is 1. The number of hydrogen-bond donors (Lipinski definition) is 1. The van der Waals surface area contributed by atoms with E-state index in [9.17, 15) is 9.90 Å². The molecule has 0 saturated carbocycles. The highest BCUT2D eigenvalue weighted by Crippen LogP contribution is 2.29. The molecule has 16 heavy (non-hydrogen) atoms. The average molecular weight is 241 g/mol. The fourth-order valence-electron chi connectivity index (χ4n) is 1.73. The molecule has 1 aromatic rings. The molecule has 1 N–H and O–H groups in total. The first kappa shape index (κ1) is 11.4. The Kier molecular flexibility index (Phi) is 2.90. The number of carbonyl (C=O) groups excluding carboxylic acids is 1. The van der Waals surface area contributed by atoms with Crippen LogP contribution in [-0.2, 0) is 0 Å². The summed E-state index contributed by atoms with van der Waals surface area (Å²) in [4.78, 5) is 14.3. The number of hydrogen-bond acceptors (Lipinski definition) is 4. The third kappa shape index (κ3) is 1.92. The van der Waals surface area contributed by atoms with Crippen molar-refractivity contribution in [3.8, 4) is 5.75 Å². The Morgan fingerprint density at radius 3 is 2.88 bits per heavy atom. The van der Waals surface area contributed by atoms with Gasteiger partial charge in [0.15, 0.2) is 0 Å². The van der Waals surface area contributed by atoms with Crippen LogP contribution in [0.25, 0.3) is 0 Å². The van der Waals surface area contributed by atoms with E-state index in [0.29, 0.717) is 30.1 Å². The molecule has 0 aromatic carbocycles. The van der Waals surface area contributed by atoms with Crippen LogP contribution < -0.4 is 4.74 Å². The van der Waals surface area contributed by atoms with Gasteiger partial charge >= 0.3 is 0 Å². The number of thiophene rings is 1. The van der Waals surface area contributed by atoms with Crippen LogP contribution >= 0.6 is 11.3 Å². The number of nitrogens with zero attached hydrogens (tertiary/aromatic N) is 1. The van der Waals surface area contributed by atoms with Gasteiger partial charge in [-0.2, -0.15) is 0 Å². The van der Waals surface area contributed by atoms with Gasteiger partial charge in [-0.1, -0.05) is 6.92 Å². The number of β-amino-alcohol motifs (C(OH)–C–C–N with tert-alkyl or cyclic N) is 1. The number of likely N-dealkylation sites (tertiary alicyclic amines) is 1. The monoisotopic (exact) mass is 241 g/mol. The van der Waals surface area contributed by atoms with E-state index in [2.05, 4.69) is 0 Å². The molecule has 2 heterocycles. The van der Waals surface area contributed by atoms with E-state index >= 15 is 0 Å². The number of aliphatic hydroxyl groups is 1. The van der Waals surface area contributed by atoms with Crippen molar-refractivity contribution in [1.82, 2.24) is 4.90 Å². The third-order valence-electron chi connectivity index (χ3n) is 2.94. The van der Waals surface area contributed by atoms with Crippen molar-refractivity contribution in [2.24, 2.45) is 0 Å². The molecular formula is C11H15NO3S. The minimum atomic E-state index is -0.670. The molecular weight excluding hydrogens is 226 g/mol. The summed E-state index contributed by atoms with van der Waals surface area (Å²) < 4.78 is 5.03. The lowest BCUT2D eigenvalue weighted by Crippen LogP contribution is -2.63. The van der Waals surface area contributed by atoms with Crippen molar-refractivity contribution < 1.29 is 14.6 Å². The maximum Gasteiger partial charge on any atom is 0.264 e. The molecule has 1 amide bonds. The highest BCUT2D eigenvalue weighted by atomic mass is 32.1. The van der Waals surface area contributed by atoms with Gasteiger partial charge < -0.3 is 14.7 Å². The van der Waals surface area contributed by atoms with Gasteiger partial charge in [0.25, 0.3) is 5.91 Å². The molecule has 0 bridgehead atoms. The SMILES string of the molecule is CCC1(O)CN(C(=O)c2cc(OC)cs2)C1. The quantitative estimate of drug-likeness (QED) is 0.869. The minimum absolute atomic E-state index is 0.0218. The van der Waals surface area contributed by atoms with E-state index in [-0.39, 0.29) is 5.91 Å². The zero-order chi connectivity index (χ0) is 11.8. The fourth-order valence-corrected chi connectivity index (χ4v) is 2.55. The van der Waals surface area contributed by atoms with Crippen LogP contribution in [0.3, 0.4) is 0 Å². The second-order valence-electron chi connectivity index (χ2n) is 4.09. The Hall–Kier alpha value is -1.07. The second-order valence-corrected chi connectivity index (χ2v) is 5.00. The molecule has 0 spiro atoms. The Balaban J connectivity index is 2.00. The van der Waals surface area contributed by atoms with Gasteiger partial charge in [0.05, 0.1) is 30.7 Å². The molecule has 1 aromatic heterocycles. The topological polar surface area (TPSA) is 49.8 Å². The standard InChI is InChI=1S/C11H15NO3S/c1-3-11(14)6-12(7-11)10(13)9-4-8(15-2)5-16-9/h4-5,14H,3,6-7H2,1-2H3. The van der Waals surface area contributed by atoms with Gasteiger partial charge in [-0.05, 0) is 6.42 Å². The van der Waals surface area contributed by atoms with Gasteiger partial charge in [0.1, 0.15) is 5.75 Å². The van der Waals surface area contributed by atoms with Crippen molar-refractivity contribution in [2.75, 3.05) is 20.2 Å². The molecule has 1 aliphatic heterocycles. The molecule has 0 aliphatic carbocycles. The summed E-state index contributed by atoms with van der Waals surface area (Å²) in [6.07, 6.45) is 0.685. The predicted molar refractivity (Wildman–Crippen MR) is 62.0 cm³/mol. The Labute approximate surface area is 98.4 Å². The number of amides is 1. The number of methoxy groups -OCH3 is 1. The summed E-state index contributed by atoms with van der Waals surface area (Å²) in [6.45, 7) is 2.79. The summed E-state index contributed by atoms with van der Waals surface area (Å²) in [5.74, 6) is 0.686. The third-order valence-corrected chi connectivity index (χ3v) is 3.83. The van der Waals surface area contributed by atoms with Crippen LogP contribution in [0.4, 0.5) is 0 Å². The summed E-state index contributed by atoms with van der Waals surface area (Å²) in [5, 5.41) is 11.6. The van der Waals surface area contributed by atoms with Crippen molar-refractivity contribution >= 4 is 17.2 Å². The van der Waals surface area contributed by atoms with Gasteiger partial charge in [-0.25, -0.2) is 0 Å². The lowest BCUT2D eigenvalue weighted by atomic mass is 9.91. The first-order valence-corrected chi connectivity index (χ1v) is 6.10. The maximum atomic E-state index is 11.9. The normalized spacial score (nSPS) is 18.1. The molecule has 1 aliphatic rings. The molecule has 5 heteroatoms. The number of ether oxygens (including phenoxy) is 1. The lowest BCUT2D eigenvalue weighted by molar-refractivity contribution is -0.0825. The number of rotatable bonds is 3. The van der Waals surface area contributed by atoms with Crippen LogP contribution in [0.2, 0.25) is 0 Å². The molecule has 2 rings (SSSR count). The van der Waals surface area contributed by atoms with Gasteiger partial charge in [0, 0.05) is 11.4 Å². The van der Waals surface area contributed by atoms with Crippen molar-refractivity contribution in [3.63, 3.8) is 0 Å². The Morgan fingerprint density at radius 2 is 2.38 bits per heavy atom. The molecule has 0 atom stereocenters. The molecule has 4 nitrogen and oxygen atoms in total. The fraction of sp³-hybridized carbons (Fsp3) is 0.545. The minimum Gasteiger partial charge on any atom is -0.496 e. The van der Waals surface area contributed by atoms with E-state index in [1.54, 1.807) is 23.5 Å². The first-order valence-electron chi connectivity index (χ1n) is 5.22. The van der Waals surface area contributed by atoms with E-state index in [0.717, 1.165) is 0 Å². The van der Waals surface area contributed by atoms with E-state index in [1.165, 1.54) is 11.3 Å². The van der Waals surface area contributed by atoms with E-state index in [1.807, 2.05) is 6.92 Å². The highest BCUT2D eigenvalue weighted by molar-refractivity contribution is 7.12. The van der Waals surface area contributed by atoms with Crippen LogP contribution in [0.5, 0.6) is 5.75 Å². The molecule has 1 saturated heterocycles. The van der Waals surface area contributed by atoms with Crippen molar-refractivity contribution in [1.29, 1.82) is 0 Å². The highest BCUT2D eigenvalue weighted by Gasteiger charge is 2.42. The van der Waals surface area contributed by atoms with Gasteiger partial charge in [-0.15, -0.1) is 11.3 Å². The second kappa shape index (κ2) is 4.07. The maximum absolute atomic E-state index is 11.9. The largest absolute Gasteiger partial charge is 0.496 e. The smallest absolute Gasteiger partial charge is 0.264 e. The predicted octanol–water partition coefficient (Wildman–Crippen LogP) is 1.35. The zero-order valence-corrected chi connectivity index (χ0v) is 10.2. The van der Waals surface area contributed by atoms with Crippen LogP contribution in [0.1, 0.15) is 23.0 Å². The lowest BCUT2D eigenvalue weighted by Gasteiger charge is -2.45. The summed E-state index contributed by atoms with van der Waals surface area (Å²) >= 11 is 1.37. The summed E-state index contributed by atoms with van der Waals surface area (Å²) in [6, 6.07) is 1.73. The Morgan fingerprint density at radius 1 is 1.69 bits per heavy atom. The molecule has 0 radical (unpaired) electrons. The molecule has 0 unspecified atom stereocenters. The van der Waals surface area contributed by atoms with Crippen LogP contribution in [0, 0.1) is 0 Å².